The summed E-state index contributed by atoms with van der Waals surface area (Å²) in [4.78, 5) is 21.7. The van der Waals surface area contributed by atoms with E-state index in [1.165, 1.54) is 26.2 Å². The molecule has 0 unspecified atom stereocenters. The van der Waals surface area contributed by atoms with Crippen molar-refractivity contribution < 1.29 is 27.1 Å². The number of aryl methyl sites for hydroxylation is 1. The van der Waals surface area contributed by atoms with E-state index in [1.54, 1.807) is 0 Å². The summed E-state index contributed by atoms with van der Waals surface area (Å²) in [6.45, 7) is 4.43. The summed E-state index contributed by atoms with van der Waals surface area (Å²) in [6, 6.07) is 3.96. The standard InChI is InChI=1S/C17H16F4N4O2S/c1-9-12(7-14(22-2)17(19,20)21)25-16(23-9)28-8-15(26)24-10-4-5-13(27-3)11(18)6-10/h4-7H,2,8H2,1,3H3,(H,23,25)(H,24,26)/b14-7-. The number of methoxy groups -OCH3 is 1. The number of allylic oxidation sites excluding steroid dienone is 1. The first-order valence-corrected chi connectivity index (χ1v) is 8.71. The largest absolute Gasteiger partial charge is 0.494 e. The molecule has 2 aromatic rings. The second kappa shape index (κ2) is 8.91. The average molecular weight is 416 g/mol. The number of halogens is 4. The van der Waals surface area contributed by atoms with E-state index in [1.807, 2.05) is 0 Å². The minimum absolute atomic E-state index is 0.0475. The summed E-state index contributed by atoms with van der Waals surface area (Å²) in [7, 11) is 1.32. The van der Waals surface area contributed by atoms with Crippen LogP contribution in [-0.4, -0.2) is 41.6 Å². The topological polar surface area (TPSA) is 79.4 Å². The van der Waals surface area contributed by atoms with Crippen molar-refractivity contribution in [2.45, 2.75) is 18.3 Å². The number of H-pyrrole nitrogens is 1. The first kappa shape index (κ1) is 21.5. The Balaban J connectivity index is 2.01. The number of hydrogen-bond donors (Lipinski definition) is 2. The smallest absolute Gasteiger partial charge is 0.433 e. The molecule has 2 N–H and O–H groups in total. The van der Waals surface area contributed by atoms with Crippen LogP contribution in [0, 0.1) is 12.7 Å². The van der Waals surface area contributed by atoms with Crippen LogP contribution < -0.4 is 10.1 Å². The molecule has 1 aromatic carbocycles. The zero-order valence-electron chi connectivity index (χ0n) is 14.9. The number of hydrogen-bond acceptors (Lipinski definition) is 5. The molecule has 1 aromatic heterocycles. The molecule has 0 saturated carbocycles. The number of thioether (sulfide) groups is 1. The molecule has 0 aliphatic heterocycles. The number of rotatable bonds is 7. The zero-order valence-corrected chi connectivity index (χ0v) is 15.7. The van der Waals surface area contributed by atoms with Gasteiger partial charge in [0.15, 0.2) is 16.7 Å². The second-order valence-electron chi connectivity index (χ2n) is 5.41. The van der Waals surface area contributed by atoms with Gasteiger partial charge >= 0.3 is 6.18 Å². The Morgan fingerprint density at radius 3 is 2.75 bits per heavy atom. The Morgan fingerprint density at radius 1 is 1.46 bits per heavy atom. The van der Waals surface area contributed by atoms with Crippen molar-refractivity contribution in [3.05, 3.63) is 41.1 Å². The monoisotopic (exact) mass is 416 g/mol. The number of anilines is 1. The van der Waals surface area contributed by atoms with Crippen molar-refractivity contribution in [3.8, 4) is 5.75 Å². The van der Waals surface area contributed by atoms with Gasteiger partial charge in [-0.1, -0.05) is 11.8 Å². The summed E-state index contributed by atoms with van der Waals surface area (Å²) < 4.78 is 56.7. The Bertz CT molecular complexity index is 909. The first-order chi connectivity index (χ1) is 13.1. The third-order valence-corrected chi connectivity index (χ3v) is 4.29. The van der Waals surface area contributed by atoms with Gasteiger partial charge in [0.1, 0.15) is 5.70 Å². The van der Waals surface area contributed by atoms with E-state index in [0.29, 0.717) is 5.69 Å². The van der Waals surface area contributed by atoms with E-state index in [0.717, 1.165) is 23.9 Å². The fraction of sp³-hybridized carbons (Fsp3) is 0.235. The van der Waals surface area contributed by atoms with E-state index in [9.17, 15) is 22.4 Å². The molecular weight excluding hydrogens is 400 g/mol. The Morgan fingerprint density at radius 2 is 2.18 bits per heavy atom. The lowest BCUT2D eigenvalue weighted by molar-refractivity contribution is -0.113. The normalized spacial score (nSPS) is 12.0. The predicted molar refractivity (Wildman–Crippen MR) is 99.2 cm³/mol. The maximum absolute atomic E-state index is 13.6. The molecule has 2 rings (SSSR count). The summed E-state index contributed by atoms with van der Waals surface area (Å²) in [5, 5.41) is 2.76. The van der Waals surface area contributed by atoms with Gasteiger partial charge in [-0.15, -0.1) is 0 Å². The molecule has 0 fully saturated rings. The number of aliphatic imine (C=N–C) groups is 1. The molecule has 0 spiro atoms. The number of aromatic nitrogens is 2. The van der Waals surface area contributed by atoms with Gasteiger partial charge in [-0.2, -0.15) is 13.2 Å². The molecule has 0 aliphatic rings. The van der Waals surface area contributed by atoms with Crippen LogP contribution in [-0.2, 0) is 4.79 Å². The van der Waals surface area contributed by atoms with E-state index in [4.69, 9.17) is 4.74 Å². The van der Waals surface area contributed by atoms with Gasteiger partial charge < -0.3 is 15.0 Å². The Kier molecular flexibility index (Phi) is 6.84. The molecule has 11 heteroatoms. The molecule has 0 bridgehead atoms. The van der Waals surface area contributed by atoms with Crippen LogP contribution >= 0.6 is 11.8 Å². The van der Waals surface area contributed by atoms with Crippen LogP contribution in [0.3, 0.4) is 0 Å². The maximum atomic E-state index is 13.6. The molecule has 150 valence electrons. The minimum Gasteiger partial charge on any atom is -0.494 e. The molecule has 28 heavy (non-hydrogen) atoms. The van der Waals surface area contributed by atoms with Crippen LogP contribution in [0.2, 0.25) is 0 Å². The Hall–Kier alpha value is -2.82. The number of nitrogens with zero attached hydrogens (tertiary/aromatic N) is 2. The lowest BCUT2D eigenvalue weighted by Gasteiger charge is -2.07. The molecule has 0 saturated heterocycles. The van der Waals surface area contributed by atoms with E-state index < -0.39 is 23.6 Å². The number of ether oxygens (including phenoxy) is 1. The van der Waals surface area contributed by atoms with Crippen LogP contribution in [0.25, 0.3) is 6.08 Å². The van der Waals surface area contributed by atoms with Crippen molar-refractivity contribution >= 4 is 36.1 Å². The van der Waals surface area contributed by atoms with E-state index in [-0.39, 0.29) is 28.0 Å². The van der Waals surface area contributed by atoms with Crippen molar-refractivity contribution in [2.24, 2.45) is 4.99 Å². The lowest BCUT2D eigenvalue weighted by Crippen LogP contribution is -2.14. The number of aromatic amines is 1. The highest BCUT2D eigenvalue weighted by atomic mass is 32.2. The van der Waals surface area contributed by atoms with E-state index >= 15 is 0 Å². The minimum atomic E-state index is -4.64. The second-order valence-corrected chi connectivity index (χ2v) is 6.38. The number of benzene rings is 1. The molecule has 0 atom stereocenters. The number of imidazole rings is 1. The summed E-state index contributed by atoms with van der Waals surface area (Å²) >= 11 is 0.983. The maximum Gasteiger partial charge on any atom is 0.433 e. The van der Waals surface area contributed by atoms with E-state index in [2.05, 4.69) is 27.0 Å². The fourth-order valence-corrected chi connectivity index (χ4v) is 2.81. The third kappa shape index (κ3) is 5.59. The van der Waals surface area contributed by atoms with Gasteiger partial charge in [0.2, 0.25) is 5.91 Å². The number of carbonyl (C=O) groups excluding carboxylic acids is 1. The number of amides is 1. The summed E-state index contributed by atoms with van der Waals surface area (Å²) in [5.41, 5.74) is -0.490. The van der Waals surface area contributed by atoms with Crippen LogP contribution in [0.1, 0.15) is 11.4 Å². The van der Waals surface area contributed by atoms with Gasteiger partial charge in [0.25, 0.3) is 0 Å². The molecule has 6 nitrogen and oxygen atoms in total. The van der Waals surface area contributed by atoms with Crippen molar-refractivity contribution in [1.82, 2.24) is 9.97 Å². The molecule has 0 aliphatic carbocycles. The van der Waals surface area contributed by atoms with Crippen LogP contribution in [0.4, 0.5) is 23.2 Å². The SMILES string of the molecule is C=N/C(=C\c1[nH]c(SCC(=O)Nc2ccc(OC)c(F)c2)nc1C)C(F)(F)F. The molecule has 1 amide bonds. The molecule has 0 radical (unpaired) electrons. The van der Waals surface area contributed by atoms with Crippen molar-refractivity contribution in [1.29, 1.82) is 0 Å². The number of nitrogens with one attached hydrogen (secondary N) is 2. The highest BCUT2D eigenvalue weighted by molar-refractivity contribution is 7.99. The van der Waals surface area contributed by atoms with Gasteiger partial charge in [-0.3, -0.25) is 9.79 Å². The van der Waals surface area contributed by atoms with Crippen molar-refractivity contribution in [3.63, 3.8) is 0 Å². The van der Waals surface area contributed by atoms with Gasteiger partial charge in [-0.25, -0.2) is 9.37 Å². The lowest BCUT2D eigenvalue weighted by atomic mass is 10.3. The predicted octanol–water partition coefficient (Wildman–Crippen LogP) is 4.20. The van der Waals surface area contributed by atoms with Crippen LogP contribution in [0.15, 0.2) is 34.0 Å². The highest BCUT2D eigenvalue weighted by Gasteiger charge is 2.33. The number of carbonyl (C=O) groups is 1. The third-order valence-electron chi connectivity index (χ3n) is 3.42. The van der Waals surface area contributed by atoms with Gasteiger partial charge in [0.05, 0.1) is 24.3 Å². The summed E-state index contributed by atoms with van der Waals surface area (Å²) in [6.07, 6.45) is -3.85. The molecular formula is C17H16F4N4O2S. The van der Waals surface area contributed by atoms with Gasteiger partial charge in [-0.05, 0) is 31.9 Å². The summed E-state index contributed by atoms with van der Waals surface area (Å²) in [5.74, 6) is -1.10. The Labute approximate surface area is 162 Å². The van der Waals surface area contributed by atoms with Crippen molar-refractivity contribution in [2.75, 3.05) is 18.2 Å². The highest BCUT2D eigenvalue weighted by Crippen LogP contribution is 2.29. The first-order valence-electron chi connectivity index (χ1n) is 7.72. The number of alkyl halides is 3. The zero-order chi connectivity index (χ0) is 20.9. The fourth-order valence-electron chi connectivity index (χ4n) is 2.08. The molecule has 1 heterocycles. The van der Waals surface area contributed by atoms with Crippen LogP contribution in [0.5, 0.6) is 5.75 Å². The average Bonchev–Trinajstić information content (AvgIpc) is 2.96. The quantitative estimate of drug-likeness (QED) is 0.403. The van der Waals surface area contributed by atoms with Gasteiger partial charge in [0, 0.05) is 11.8 Å².